The van der Waals surface area contributed by atoms with Gasteiger partial charge < -0.3 is 19.0 Å². The number of H-pyrrole nitrogens is 1. The number of carbonyl (C=O) groups excluding carboxylic acids is 1. The van der Waals surface area contributed by atoms with Crippen molar-refractivity contribution in [3.8, 4) is 5.75 Å². The van der Waals surface area contributed by atoms with Crippen molar-refractivity contribution in [3.63, 3.8) is 0 Å². The number of carbonyl (C=O) groups is 1. The standard InChI is InChI=1S/C27H25N5O2/c33-27(31-15-12-19(13-16-31)26-29-22-8-2-3-9-23(22)30-26)21-7-1-4-10-24(21)34-18-20-17-32-14-6-5-11-25(32)28-20/h1-11,14,17,19H,12-13,15-16,18H2,(H,29,30). The van der Waals surface area contributed by atoms with Crippen molar-refractivity contribution in [1.29, 1.82) is 0 Å². The zero-order chi connectivity index (χ0) is 22.9. The third kappa shape index (κ3) is 3.90. The highest BCUT2D eigenvalue weighted by atomic mass is 16.5. The highest BCUT2D eigenvalue weighted by molar-refractivity contribution is 5.97. The molecule has 0 saturated carbocycles. The van der Waals surface area contributed by atoms with Crippen LogP contribution in [0.1, 0.15) is 40.6 Å². The van der Waals surface area contributed by atoms with Crippen LogP contribution < -0.4 is 4.74 Å². The lowest BCUT2D eigenvalue weighted by Crippen LogP contribution is -2.38. The zero-order valence-electron chi connectivity index (χ0n) is 18.7. The molecule has 1 amide bonds. The lowest BCUT2D eigenvalue weighted by atomic mass is 9.95. The van der Waals surface area contributed by atoms with E-state index in [1.807, 2.05) is 88.4 Å². The van der Waals surface area contributed by atoms with E-state index in [9.17, 15) is 4.79 Å². The molecule has 1 fully saturated rings. The molecule has 1 aliphatic heterocycles. The Morgan fingerprint density at radius 1 is 0.971 bits per heavy atom. The van der Waals surface area contributed by atoms with Crippen molar-refractivity contribution in [2.45, 2.75) is 25.4 Å². The van der Waals surface area contributed by atoms with Gasteiger partial charge in [-0.15, -0.1) is 0 Å². The number of imidazole rings is 2. The third-order valence-corrected chi connectivity index (χ3v) is 6.48. The van der Waals surface area contributed by atoms with E-state index in [0.717, 1.165) is 41.0 Å². The number of rotatable bonds is 5. The number of nitrogens with zero attached hydrogens (tertiary/aromatic N) is 4. The third-order valence-electron chi connectivity index (χ3n) is 6.48. The Balaban J connectivity index is 1.13. The number of pyridine rings is 1. The fraction of sp³-hybridized carbons (Fsp3) is 0.222. The minimum absolute atomic E-state index is 0.00802. The summed E-state index contributed by atoms with van der Waals surface area (Å²) in [4.78, 5) is 28.1. The van der Waals surface area contributed by atoms with Gasteiger partial charge in [-0.2, -0.15) is 0 Å². The molecule has 3 aromatic heterocycles. The summed E-state index contributed by atoms with van der Waals surface area (Å²) in [6.07, 6.45) is 5.67. The molecule has 0 spiro atoms. The number of aromatic nitrogens is 4. The van der Waals surface area contributed by atoms with Crippen LogP contribution in [-0.4, -0.2) is 43.2 Å². The first-order chi connectivity index (χ1) is 16.7. The molecule has 2 aromatic carbocycles. The molecule has 0 radical (unpaired) electrons. The molecule has 7 nitrogen and oxygen atoms in total. The van der Waals surface area contributed by atoms with E-state index in [1.165, 1.54) is 0 Å². The largest absolute Gasteiger partial charge is 0.486 e. The van der Waals surface area contributed by atoms with Crippen molar-refractivity contribution in [1.82, 2.24) is 24.3 Å². The summed E-state index contributed by atoms with van der Waals surface area (Å²) in [5.41, 5.74) is 4.34. The van der Waals surface area contributed by atoms with Crippen LogP contribution in [0.4, 0.5) is 0 Å². The van der Waals surface area contributed by atoms with E-state index >= 15 is 0 Å². The summed E-state index contributed by atoms with van der Waals surface area (Å²) < 4.78 is 8.01. The Morgan fingerprint density at radius 3 is 2.62 bits per heavy atom. The number of amides is 1. The monoisotopic (exact) mass is 451 g/mol. The molecule has 5 aromatic rings. The minimum atomic E-state index is 0.00802. The van der Waals surface area contributed by atoms with Gasteiger partial charge in [0.05, 0.1) is 22.3 Å². The van der Waals surface area contributed by atoms with E-state index in [1.54, 1.807) is 0 Å². The molecule has 1 aliphatic rings. The average molecular weight is 452 g/mol. The maximum absolute atomic E-state index is 13.4. The minimum Gasteiger partial charge on any atom is -0.486 e. The number of aromatic amines is 1. The molecule has 0 bridgehead atoms. The van der Waals surface area contributed by atoms with Gasteiger partial charge in [0.2, 0.25) is 0 Å². The second-order valence-electron chi connectivity index (χ2n) is 8.69. The molecule has 170 valence electrons. The fourth-order valence-corrected chi connectivity index (χ4v) is 4.67. The summed E-state index contributed by atoms with van der Waals surface area (Å²) in [7, 11) is 0. The molecule has 1 saturated heterocycles. The maximum atomic E-state index is 13.4. The first-order valence-corrected chi connectivity index (χ1v) is 11.6. The second-order valence-corrected chi connectivity index (χ2v) is 8.69. The molecule has 0 atom stereocenters. The smallest absolute Gasteiger partial charge is 0.257 e. The average Bonchev–Trinajstić information content (AvgIpc) is 3.51. The topological polar surface area (TPSA) is 75.5 Å². The van der Waals surface area contributed by atoms with Crippen LogP contribution in [0.3, 0.4) is 0 Å². The van der Waals surface area contributed by atoms with Gasteiger partial charge in [-0.3, -0.25) is 4.79 Å². The zero-order valence-corrected chi connectivity index (χ0v) is 18.7. The van der Waals surface area contributed by atoms with Crippen molar-refractivity contribution in [2.75, 3.05) is 13.1 Å². The number of hydrogen-bond acceptors (Lipinski definition) is 4. The Morgan fingerprint density at radius 2 is 1.76 bits per heavy atom. The van der Waals surface area contributed by atoms with Gasteiger partial charge in [0.1, 0.15) is 23.8 Å². The second kappa shape index (κ2) is 8.67. The Bertz CT molecular complexity index is 1400. The van der Waals surface area contributed by atoms with Crippen molar-refractivity contribution in [2.24, 2.45) is 0 Å². The molecule has 7 heteroatoms. The number of hydrogen-bond donors (Lipinski definition) is 1. The summed E-state index contributed by atoms with van der Waals surface area (Å²) in [5, 5.41) is 0. The highest BCUT2D eigenvalue weighted by Crippen LogP contribution is 2.30. The number of likely N-dealkylation sites (tertiary alicyclic amines) is 1. The van der Waals surface area contributed by atoms with Crippen molar-refractivity contribution >= 4 is 22.6 Å². The Kier molecular flexibility index (Phi) is 5.22. The van der Waals surface area contributed by atoms with Crippen LogP contribution in [0.5, 0.6) is 5.75 Å². The number of para-hydroxylation sites is 3. The number of piperidine rings is 1. The van der Waals surface area contributed by atoms with Gasteiger partial charge in [0, 0.05) is 31.4 Å². The molecular weight excluding hydrogens is 426 g/mol. The van der Waals surface area contributed by atoms with E-state index in [0.29, 0.717) is 36.9 Å². The summed E-state index contributed by atoms with van der Waals surface area (Å²) in [6, 6.07) is 21.4. The van der Waals surface area contributed by atoms with Crippen LogP contribution >= 0.6 is 0 Å². The van der Waals surface area contributed by atoms with Gasteiger partial charge in [-0.1, -0.05) is 30.3 Å². The van der Waals surface area contributed by atoms with Crippen LogP contribution in [-0.2, 0) is 6.61 Å². The lowest BCUT2D eigenvalue weighted by molar-refractivity contribution is 0.0706. The normalized spacial score (nSPS) is 14.6. The molecule has 0 aliphatic carbocycles. The number of ether oxygens (including phenoxy) is 1. The first-order valence-electron chi connectivity index (χ1n) is 11.6. The van der Waals surface area contributed by atoms with Gasteiger partial charge in [-0.25, -0.2) is 9.97 Å². The van der Waals surface area contributed by atoms with Crippen LogP contribution in [0.25, 0.3) is 16.7 Å². The van der Waals surface area contributed by atoms with E-state index < -0.39 is 0 Å². The molecular formula is C27H25N5O2. The SMILES string of the molecule is O=C(c1ccccc1OCc1cn2ccccc2n1)N1CCC(c2nc3ccccc3[nH]2)CC1. The summed E-state index contributed by atoms with van der Waals surface area (Å²) >= 11 is 0. The molecule has 0 unspecified atom stereocenters. The molecule has 1 N–H and O–H groups in total. The molecule has 6 rings (SSSR count). The fourth-order valence-electron chi connectivity index (χ4n) is 4.67. The highest BCUT2D eigenvalue weighted by Gasteiger charge is 2.27. The predicted octanol–water partition coefficient (Wildman–Crippen LogP) is 4.81. The summed E-state index contributed by atoms with van der Waals surface area (Å²) in [6.45, 7) is 1.70. The quantitative estimate of drug-likeness (QED) is 0.416. The van der Waals surface area contributed by atoms with E-state index in [4.69, 9.17) is 9.72 Å². The first kappa shape index (κ1) is 20.5. The summed E-state index contributed by atoms with van der Waals surface area (Å²) in [5.74, 6) is 1.94. The Labute approximate surface area is 197 Å². The Hall–Kier alpha value is -4.13. The number of nitrogens with one attached hydrogen (secondary N) is 1. The molecule has 34 heavy (non-hydrogen) atoms. The number of fused-ring (bicyclic) bond motifs is 2. The van der Waals surface area contributed by atoms with Gasteiger partial charge in [0.25, 0.3) is 5.91 Å². The van der Waals surface area contributed by atoms with Gasteiger partial charge in [0.15, 0.2) is 0 Å². The van der Waals surface area contributed by atoms with E-state index in [2.05, 4.69) is 9.97 Å². The molecule has 4 heterocycles. The van der Waals surface area contributed by atoms with Crippen LogP contribution in [0.2, 0.25) is 0 Å². The maximum Gasteiger partial charge on any atom is 0.257 e. The van der Waals surface area contributed by atoms with E-state index in [-0.39, 0.29) is 5.91 Å². The van der Waals surface area contributed by atoms with Crippen LogP contribution in [0, 0.1) is 0 Å². The number of benzene rings is 2. The van der Waals surface area contributed by atoms with Crippen LogP contribution in [0.15, 0.2) is 79.1 Å². The van der Waals surface area contributed by atoms with Gasteiger partial charge >= 0.3 is 0 Å². The van der Waals surface area contributed by atoms with Crippen molar-refractivity contribution < 1.29 is 9.53 Å². The van der Waals surface area contributed by atoms with Gasteiger partial charge in [-0.05, 0) is 49.2 Å². The van der Waals surface area contributed by atoms with Crippen molar-refractivity contribution in [3.05, 3.63) is 96.2 Å². The predicted molar refractivity (Wildman–Crippen MR) is 130 cm³/mol. The lowest BCUT2D eigenvalue weighted by Gasteiger charge is -2.31.